The van der Waals surface area contributed by atoms with E-state index >= 15 is 0 Å². The molecule has 0 aliphatic heterocycles. The van der Waals surface area contributed by atoms with Crippen molar-refractivity contribution in [2.75, 3.05) is 46.2 Å². The molecule has 3 aliphatic rings. The molecule has 0 saturated heterocycles. The molecule has 0 saturated carbocycles. The molecule has 268 valence electrons. The van der Waals surface area contributed by atoms with Gasteiger partial charge >= 0.3 is 0 Å². The molecule has 1 aromatic carbocycles. The van der Waals surface area contributed by atoms with Gasteiger partial charge in [0, 0.05) is 56.5 Å². The van der Waals surface area contributed by atoms with Gasteiger partial charge in [0.2, 0.25) is 5.78 Å². The van der Waals surface area contributed by atoms with Gasteiger partial charge in [-0.25, -0.2) is 0 Å². The third kappa shape index (κ3) is 6.17. The smallest absolute Gasteiger partial charge is 0.255 e. The first-order valence-corrected chi connectivity index (χ1v) is 16.6. The van der Waals surface area contributed by atoms with Gasteiger partial charge in [-0.1, -0.05) is 12.2 Å². The summed E-state index contributed by atoms with van der Waals surface area (Å²) in [5.41, 5.74) is 3.36. The van der Waals surface area contributed by atoms with Crippen molar-refractivity contribution in [1.29, 1.82) is 0 Å². The number of phenols is 1. The minimum atomic E-state index is -2.71. The van der Waals surface area contributed by atoms with Crippen LogP contribution in [0, 0.1) is 11.8 Å². The van der Waals surface area contributed by atoms with Crippen LogP contribution in [-0.4, -0.2) is 101 Å². The Balaban J connectivity index is 1.41. The molecule has 51 heavy (non-hydrogen) atoms. The maximum atomic E-state index is 14.5. The van der Waals surface area contributed by atoms with Gasteiger partial charge in [0.25, 0.3) is 5.91 Å². The van der Waals surface area contributed by atoms with Crippen LogP contribution in [-0.2, 0) is 22.6 Å². The highest BCUT2D eigenvalue weighted by atomic mass is 16.4. The van der Waals surface area contributed by atoms with E-state index < -0.39 is 58.0 Å². The molecular weight excluding hydrogens is 656 g/mol. The second-order valence-electron chi connectivity index (χ2n) is 13.6. The minimum absolute atomic E-state index is 0.0128. The molecule has 3 aliphatic carbocycles. The number of carbonyl (C=O) groups excluding carboxylic acids is 3. The highest BCUT2D eigenvalue weighted by molar-refractivity contribution is 6.25. The highest BCUT2D eigenvalue weighted by Gasteiger charge is 2.63. The number of nitrogens with two attached hydrogens (primary N) is 1. The number of anilines is 1. The number of rotatable bonds is 11. The van der Waals surface area contributed by atoms with Crippen molar-refractivity contribution in [3.8, 4) is 5.75 Å². The monoisotopic (exact) mass is 698 g/mol. The van der Waals surface area contributed by atoms with E-state index in [4.69, 9.17) is 14.6 Å². The fourth-order valence-electron chi connectivity index (χ4n) is 7.73. The van der Waals surface area contributed by atoms with Gasteiger partial charge in [-0.2, -0.15) is 0 Å². The first-order valence-electron chi connectivity index (χ1n) is 16.6. The van der Waals surface area contributed by atoms with Crippen molar-refractivity contribution in [3.05, 3.63) is 106 Å². The number of benzene rings is 1. The van der Waals surface area contributed by atoms with Gasteiger partial charge in [-0.3, -0.25) is 24.2 Å². The quantitative estimate of drug-likeness (QED) is 0.183. The predicted molar refractivity (Wildman–Crippen MR) is 189 cm³/mol. The van der Waals surface area contributed by atoms with Gasteiger partial charge in [-0.05, 0) is 80.9 Å². The topological polar surface area (TPSA) is 194 Å². The fourth-order valence-corrected chi connectivity index (χ4v) is 7.73. The SMILES string of the molecule is CN(C)c1cc(CN(C/C=C/c2ccco2)C/C=C/c2ccco2)c(O)c2c1C[C@H]1C[C@H]3[C@@H](N(C)C)C(O)=C(C(N)=O)C(=O)[C@@]3(O)C(O)=C1C2=O. The van der Waals surface area contributed by atoms with E-state index in [0.717, 1.165) is 0 Å². The van der Waals surface area contributed by atoms with E-state index in [2.05, 4.69) is 0 Å². The molecule has 3 aromatic rings. The van der Waals surface area contributed by atoms with Crippen molar-refractivity contribution in [2.45, 2.75) is 31.0 Å². The summed E-state index contributed by atoms with van der Waals surface area (Å²) in [6.07, 6.45) is 10.9. The van der Waals surface area contributed by atoms with Crippen LogP contribution in [0.15, 0.2) is 86.5 Å². The summed E-state index contributed by atoms with van der Waals surface area (Å²) in [6.45, 7) is 1.12. The summed E-state index contributed by atoms with van der Waals surface area (Å²) in [5.74, 6) is -5.47. The molecule has 6 rings (SSSR count). The number of aromatic hydroxyl groups is 1. The van der Waals surface area contributed by atoms with Crippen LogP contribution >= 0.6 is 0 Å². The lowest BCUT2D eigenvalue weighted by molar-refractivity contribution is -0.148. The molecule has 13 nitrogen and oxygen atoms in total. The number of Topliss-reactive ketones (excluding diaryl/α,β-unsaturated/α-hetero) is 2. The van der Waals surface area contributed by atoms with E-state index in [0.29, 0.717) is 41.4 Å². The Morgan fingerprint density at radius 2 is 1.61 bits per heavy atom. The normalized spacial score (nSPS) is 23.5. The standard InChI is InChI=1S/C38H42N4O9/c1-40(2)27-19-22(20-42(13-5-9-23-11-7-15-50-23)14-6-10-24-12-8-16-51-24)32(43)29-25(27)17-21-18-26-31(41(3)4)34(45)30(37(39)48)36(47)38(26,49)35(46)28(21)33(29)44/h5-12,15-16,19,21,26,31,43,45-46,49H,13-14,17-18,20H2,1-4H3,(H2,39,48)/b9-5+,10-6+/t21-,26-,31+,38-/m0/s1. The van der Waals surface area contributed by atoms with E-state index in [9.17, 15) is 34.8 Å². The van der Waals surface area contributed by atoms with Gasteiger partial charge in [0.05, 0.1) is 24.1 Å². The number of likely N-dealkylation sites (N-methyl/N-ethyl adjacent to an activating group) is 1. The van der Waals surface area contributed by atoms with E-state index in [-0.39, 0.29) is 36.3 Å². The number of nitrogens with zero attached hydrogens (tertiary/aromatic N) is 3. The van der Waals surface area contributed by atoms with Crippen LogP contribution in [0.4, 0.5) is 5.69 Å². The number of primary amides is 1. The number of amides is 1. The lowest BCUT2D eigenvalue weighted by Gasteiger charge is -2.50. The van der Waals surface area contributed by atoms with Gasteiger partial charge in [-0.15, -0.1) is 0 Å². The molecule has 1 amide bonds. The lowest BCUT2D eigenvalue weighted by Crippen LogP contribution is -2.63. The number of aliphatic hydroxyl groups excluding tert-OH is 2. The first-order chi connectivity index (χ1) is 24.2. The van der Waals surface area contributed by atoms with Crippen molar-refractivity contribution in [3.63, 3.8) is 0 Å². The minimum Gasteiger partial charge on any atom is -0.510 e. The molecule has 0 fully saturated rings. The van der Waals surface area contributed by atoms with E-state index in [1.54, 1.807) is 38.8 Å². The summed E-state index contributed by atoms with van der Waals surface area (Å²) >= 11 is 0. The number of hydrogen-bond acceptors (Lipinski definition) is 12. The number of fused-ring (bicyclic) bond motifs is 3. The van der Waals surface area contributed by atoms with Crippen molar-refractivity contribution in [2.24, 2.45) is 17.6 Å². The zero-order valence-electron chi connectivity index (χ0n) is 28.9. The van der Waals surface area contributed by atoms with E-state index in [1.165, 1.54) is 4.90 Å². The highest BCUT2D eigenvalue weighted by Crippen LogP contribution is 2.53. The van der Waals surface area contributed by atoms with Crippen LogP contribution < -0.4 is 10.6 Å². The van der Waals surface area contributed by atoms with Crippen LogP contribution in [0.2, 0.25) is 0 Å². The van der Waals surface area contributed by atoms with Gasteiger partial charge in [0.1, 0.15) is 34.4 Å². The van der Waals surface area contributed by atoms with Crippen LogP contribution in [0.25, 0.3) is 12.2 Å². The third-order valence-electron chi connectivity index (χ3n) is 10.0. The van der Waals surface area contributed by atoms with Crippen LogP contribution in [0.1, 0.15) is 39.4 Å². The number of phenolic OH excluding ortho intramolecular Hbond substituents is 1. The molecular formula is C38H42N4O9. The average molecular weight is 699 g/mol. The second-order valence-corrected chi connectivity index (χ2v) is 13.6. The Kier molecular flexibility index (Phi) is 9.55. The Morgan fingerprint density at radius 1 is 1.00 bits per heavy atom. The molecule has 6 N–H and O–H groups in total. The number of hydrogen-bond donors (Lipinski definition) is 5. The fraction of sp³-hybridized carbons (Fsp3) is 0.342. The molecule has 0 unspecified atom stereocenters. The molecule has 4 atom stereocenters. The summed E-state index contributed by atoms with van der Waals surface area (Å²) in [4.78, 5) is 45.9. The largest absolute Gasteiger partial charge is 0.510 e. The molecule has 13 heteroatoms. The summed E-state index contributed by atoms with van der Waals surface area (Å²) < 4.78 is 10.8. The van der Waals surface area contributed by atoms with Crippen LogP contribution in [0.3, 0.4) is 0 Å². The summed E-state index contributed by atoms with van der Waals surface area (Å²) in [7, 11) is 6.85. The first kappa shape index (κ1) is 35.5. The Hall–Kier alpha value is -5.37. The van der Waals surface area contributed by atoms with Crippen molar-refractivity contribution >= 4 is 35.3 Å². The Bertz CT molecular complexity index is 1920. The van der Waals surface area contributed by atoms with Crippen molar-refractivity contribution < 1.29 is 43.6 Å². The number of carbonyl (C=O) groups is 3. The van der Waals surface area contributed by atoms with E-state index in [1.807, 2.05) is 66.4 Å². The van der Waals surface area contributed by atoms with Gasteiger partial charge < -0.3 is 39.9 Å². The van der Waals surface area contributed by atoms with Crippen molar-refractivity contribution in [1.82, 2.24) is 9.80 Å². The molecule has 0 radical (unpaired) electrons. The molecule has 0 bridgehead atoms. The maximum Gasteiger partial charge on any atom is 0.255 e. The summed E-state index contributed by atoms with van der Waals surface area (Å²) in [6, 6.07) is 8.03. The lowest BCUT2D eigenvalue weighted by atomic mass is 9.58. The number of furan rings is 2. The zero-order chi connectivity index (χ0) is 36.8. The molecule has 2 heterocycles. The number of allylic oxidation sites excluding steroid dienone is 1. The second kappa shape index (κ2) is 13.7. The Morgan fingerprint density at radius 3 is 2.12 bits per heavy atom. The Labute approximate surface area is 294 Å². The molecule has 2 aromatic heterocycles. The third-order valence-corrected chi connectivity index (χ3v) is 10.0. The van der Waals surface area contributed by atoms with Gasteiger partial charge in [0.15, 0.2) is 11.4 Å². The number of aliphatic hydroxyl groups is 3. The molecule has 0 spiro atoms. The van der Waals surface area contributed by atoms with Crippen LogP contribution in [0.5, 0.6) is 5.75 Å². The zero-order valence-corrected chi connectivity index (χ0v) is 28.9. The predicted octanol–water partition coefficient (Wildman–Crippen LogP) is 3.60. The summed E-state index contributed by atoms with van der Waals surface area (Å²) in [5, 5.41) is 46.6. The number of ketones is 2. The average Bonchev–Trinajstić information content (AvgIpc) is 3.78. The maximum absolute atomic E-state index is 14.5.